The number of methoxy groups -OCH3 is 1. The Morgan fingerprint density at radius 1 is 1.50 bits per heavy atom. The molecule has 2 rings (SSSR count). The van der Waals surface area contributed by atoms with Gasteiger partial charge in [-0.15, -0.1) is 0 Å². The van der Waals surface area contributed by atoms with Crippen molar-refractivity contribution < 1.29 is 14.3 Å². The van der Waals surface area contributed by atoms with Crippen molar-refractivity contribution in [3.05, 3.63) is 29.3 Å². The Kier molecular flexibility index (Phi) is 4.63. The number of nitrogens with one attached hydrogen (secondary N) is 1. The predicted molar refractivity (Wildman–Crippen MR) is 78.0 cm³/mol. The number of amides is 1. The molecule has 0 radical (unpaired) electrons. The largest absolute Gasteiger partial charge is 0.493 e. The lowest BCUT2D eigenvalue weighted by Gasteiger charge is -2.23. The molecule has 0 saturated carbocycles. The van der Waals surface area contributed by atoms with Gasteiger partial charge in [0.2, 0.25) is 0 Å². The first-order valence-corrected chi connectivity index (χ1v) is 6.57. The highest BCUT2D eigenvalue weighted by molar-refractivity contribution is 5.99. The number of likely N-dealkylation sites (N-methyl/N-ethyl adjacent to an activating group) is 2. The van der Waals surface area contributed by atoms with Crippen LogP contribution in [0, 0.1) is 0 Å². The average Bonchev–Trinajstić information content (AvgIpc) is 2.50. The zero-order valence-electron chi connectivity index (χ0n) is 12.1. The Bertz CT molecular complexity index is 526. The number of benzene rings is 1. The fraction of sp³-hybridized carbons (Fsp3) is 0.400. The first-order valence-electron chi connectivity index (χ1n) is 6.57. The summed E-state index contributed by atoms with van der Waals surface area (Å²) in [7, 11) is 5.26. The molecule has 1 aliphatic rings. The molecule has 0 bridgehead atoms. The van der Waals surface area contributed by atoms with Crippen molar-refractivity contribution >= 4 is 12.0 Å². The van der Waals surface area contributed by atoms with Gasteiger partial charge in [-0.05, 0) is 19.2 Å². The summed E-state index contributed by atoms with van der Waals surface area (Å²) in [6, 6.07) is 5.64. The first-order chi connectivity index (χ1) is 9.67. The molecule has 0 fully saturated rings. The van der Waals surface area contributed by atoms with E-state index in [9.17, 15) is 4.79 Å². The van der Waals surface area contributed by atoms with E-state index in [1.54, 1.807) is 19.1 Å². The van der Waals surface area contributed by atoms with Crippen molar-refractivity contribution in [2.45, 2.75) is 0 Å². The molecule has 5 nitrogen and oxygen atoms in total. The molecule has 5 heteroatoms. The summed E-state index contributed by atoms with van der Waals surface area (Å²) in [5.74, 6) is 1.38. The Morgan fingerprint density at radius 2 is 2.30 bits per heavy atom. The third-order valence-corrected chi connectivity index (χ3v) is 3.25. The minimum Gasteiger partial charge on any atom is -0.493 e. The van der Waals surface area contributed by atoms with Crippen LogP contribution in [-0.4, -0.2) is 51.7 Å². The molecular weight excluding hydrogens is 256 g/mol. The van der Waals surface area contributed by atoms with E-state index in [4.69, 9.17) is 9.47 Å². The fourth-order valence-electron chi connectivity index (χ4n) is 2.09. The van der Waals surface area contributed by atoms with Crippen LogP contribution in [0.5, 0.6) is 11.5 Å². The van der Waals surface area contributed by atoms with Crippen LogP contribution in [0.25, 0.3) is 6.08 Å². The summed E-state index contributed by atoms with van der Waals surface area (Å²) < 4.78 is 10.9. The number of fused-ring (bicyclic) bond motifs is 1. The van der Waals surface area contributed by atoms with Crippen molar-refractivity contribution in [1.82, 2.24) is 10.2 Å². The topological polar surface area (TPSA) is 50.8 Å². The first kappa shape index (κ1) is 14.4. The van der Waals surface area contributed by atoms with Gasteiger partial charge >= 0.3 is 0 Å². The van der Waals surface area contributed by atoms with E-state index >= 15 is 0 Å². The Morgan fingerprint density at radius 3 is 3.00 bits per heavy atom. The van der Waals surface area contributed by atoms with Gasteiger partial charge in [0.05, 0.1) is 12.7 Å². The molecule has 0 atom stereocenters. The molecular formula is C15H20N2O3. The number of para-hydroxylation sites is 1. The summed E-state index contributed by atoms with van der Waals surface area (Å²) in [4.78, 5) is 14.0. The van der Waals surface area contributed by atoms with Gasteiger partial charge in [-0.25, -0.2) is 0 Å². The highest BCUT2D eigenvalue weighted by atomic mass is 16.5. The normalized spacial score (nSPS) is 13.1. The summed E-state index contributed by atoms with van der Waals surface area (Å²) in [5, 5.41) is 3.03. The number of rotatable bonds is 5. The second-order valence-electron chi connectivity index (χ2n) is 4.67. The fourth-order valence-corrected chi connectivity index (χ4v) is 2.09. The molecule has 1 heterocycles. The van der Waals surface area contributed by atoms with E-state index in [1.165, 1.54) is 0 Å². The molecule has 1 N–H and O–H groups in total. The molecule has 1 amide bonds. The predicted octanol–water partition coefficient (Wildman–Crippen LogP) is 1.15. The number of carbonyl (C=O) groups excluding carboxylic acids is 1. The minimum absolute atomic E-state index is 0.00581. The van der Waals surface area contributed by atoms with Crippen LogP contribution in [-0.2, 0) is 4.79 Å². The molecule has 0 saturated heterocycles. The van der Waals surface area contributed by atoms with E-state index in [-0.39, 0.29) is 12.5 Å². The lowest BCUT2D eigenvalue weighted by molar-refractivity contribution is -0.126. The average molecular weight is 276 g/mol. The Labute approximate surface area is 119 Å². The molecule has 1 aromatic carbocycles. The quantitative estimate of drug-likeness (QED) is 0.876. The van der Waals surface area contributed by atoms with Crippen molar-refractivity contribution in [2.75, 3.05) is 40.9 Å². The molecule has 0 spiro atoms. The molecule has 1 aliphatic heterocycles. The lowest BCUT2D eigenvalue weighted by Crippen LogP contribution is -2.35. The molecule has 1 aromatic rings. The molecule has 20 heavy (non-hydrogen) atoms. The summed E-state index contributed by atoms with van der Waals surface area (Å²) in [5.41, 5.74) is 1.53. The summed E-state index contributed by atoms with van der Waals surface area (Å²) >= 11 is 0. The SMILES string of the molecule is CNCCN(C)C(=O)C1=Cc2cccc(OC)c2OC1. The Balaban J connectivity index is 2.19. The minimum atomic E-state index is -0.00581. The number of carbonyl (C=O) groups is 1. The maximum Gasteiger partial charge on any atom is 0.253 e. The van der Waals surface area contributed by atoms with Crippen LogP contribution in [0.3, 0.4) is 0 Å². The van der Waals surface area contributed by atoms with Gasteiger partial charge in [0.1, 0.15) is 6.61 Å². The third-order valence-electron chi connectivity index (χ3n) is 3.25. The maximum absolute atomic E-state index is 12.3. The third kappa shape index (κ3) is 2.93. The van der Waals surface area contributed by atoms with Gasteiger partial charge in [0.25, 0.3) is 5.91 Å². The van der Waals surface area contributed by atoms with Crippen LogP contribution in [0.15, 0.2) is 23.8 Å². The van der Waals surface area contributed by atoms with E-state index in [2.05, 4.69) is 5.32 Å². The van der Waals surface area contributed by atoms with Gasteiger partial charge in [0, 0.05) is 25.7 Å². The van der Waals surface area contributed by atoms with Crippen molar-refractivity contribution in [2.24, 2.45) is 0 Å². The summed E-state index contributed by atoms with van der Waals surface area (Å²) in [6.45, 7) is 1.70. The summed E-state index contributed by atoms with van der Waals surface area (Å²) in [6.07, 6.45) is 1.87. The number of hydrogen-bond donors (Lipinski definition) is 1. The standard InChI is InChI=1S/C15H20N2O3/c1-16-7-8-17(2)15(18)12-9-11-5-4-6-13(19-3)14(11)20-10-12/h4-6,9,16H,7-8,10H2,1-3H3. The van der Waals surface area contributed by atoms with Crippen LogP contribution in [0.1, 0.15) is 5.56 Å². The molecule has 0 aliphatic carbocycles. The van der Waals surface area contributed by atoms with Crippen LogP contribution >= 0.6 is 0 Å². The number of nitrogens with zero attached hydrogens (tertiary/aromatic N) is 1. The number of ether oxygens (including phenoxy) is 2. The van der Waals surface area contributed by atoms with Crippen molar-refractivity contribution in [3.8, 4) is 11.5 Å². The van der Waals surface area contributed by atoms with E-state index < -0.39 is 0 Å². The van der Waals surface area contributed by atoms with Crippen LogP contribution in [0.4, 0.5) is 0 Å². The highest BCUT2D eigenvalue weighted by Crippen LogP contribution is 2.35. The van der Waals surface area contributed by atoms with E-state index in [0.29, 0.717) is 23.6 Å². The molecule has 108 valence electrons. The maximum atomic E-state index is 12.3. The zero-order valence-corrected chi connectivity index (χ0v) is 12.1. The van der Waals surface area contributed by atoms with Gasteiger partial charge in [-0.3, -0.25) is 4.79 Å². The van der Waals surface area contributed by atoms with E-state index in [0.717, 1.165) is 12.1 Å². The van der Waals surface area contributed by atoms with Gasteiger partial charge in [-0.2, -0.15) is 0 Å². The van der Waals surface area contributed by atoms with Gasteiger partial charge in [0.15, 0.2) is 11.5 Å². The second-order valence-corrected chi connectivity index (χ2v) is 4.67. The lowest BCUT2D eigenvalue weighted by atomic mass is 10.1. The van der Waals surface area contributed by atoms with Crippen molar-refractivity contribution in [1.29, 1.82) is 0 Å². The smallest absolute Gasteiger partial charge is 0.253 e. The molecule has 0 aromatic heterocycles. The van der Waals surface area contributed by atoms with Gasteiger partial charge in [-0.1, -0.05) is 12.1 Å². The van der Waals surface area contributed by atoms with Crippen molar-refractivity contribution in [3.63, 3.8) is 0 Å². The van der Waals surface area contributed by atoms with Crippen LogP contribution < -0.4 is 14.8 Å². The number of hydrogen-bond acceptors (Lipinski definition) is 4. The second kappa shape index (κ2) is 6.43. The van der Waals surface area contributed by atoms with E-state index in [1.807, 2.05) is 31.3 Å². The van der Waals surface area contributed by atoms with Gasteiger partial charge < -0.3 is 19.7 Å². The Hall–Kier alpha value is -2.01. The highest BCUT2D eigenvalue weighted by Gasteiger charge is 2.21. The van der Waals surface area contributed by atoms with Crippen LogP contribution in [0.2, 0.25) is 0 Å². The zero-order chi connectivity index (χ0) is 14.5. The monoisotopic (exact) mass is 276 g/mol. The molecule has 0 unspecified atom stereocenters.